The van der Waals surface area contributed by atoms with E-state index in [9.17, 15) is 28.1 Å². The van der Waals surface area contributed by atoms with E-state index in [1.165, 1.54) is 12.1 Å². The minimum atomic E-state index is -4.42. The maximum atomic E-state index is 12.9. The highest BCUT2D eigenvalue weighted by atomic mass is 35.5. The van der Waals surface area contributed by atoms with E-state index in [1.807, 2.05) is 0 Å². The highest BCUT2D eigenvalue weighted by Gasteiger charge is 2.30. The fourth-order valence-electron chi connectivity index (χ4n) is 3.61. The molecule has 34 heavy (non-hydrogen) atoms. The van der Waals surface area contributed by atoms with Crippen LogP contribution in [0.5, 0.6) is 11.5 Å². The molecule has 1 aliphatic heterocycles. The molecule has 0 N–H and O–H groups in total. The van der Waals surface area contributed by atoms with Crippen LogP contribution in [0.3, 0.4) is 0 Å². The predicted octanol–water partition coefficient (Wildman–Crippen LogP) is 6.91. The number of hydrogen-bond donors (Lipinski definition) is 0. The van der Waals surface area contributed by atoms with E-state index in [0.29, 0.717) is 29.8 Å². The molecule has 4 rings (SSSR count). The van der Waals surface area contributed by atoms with Crippen LogP contribution in [-0.2, 0) is 19.1 Å². The van der Waals surface area contributed by atoms with Crippen LogP contribution >= 0.6 is 23.2 Å². The van der Waals surface area contributed by atoms with Crippen molar-refractivity contribution in [3.63, 3.8) is 0 Å². The topological polar surface area (TPSA) is 72.7 Å². The van der Waals surface area contributed by atoms with Gasteiger partial charge < -0.3 is 9.64 Å². The molecular formula is C23H15Cl2F3N2O4. The Hall–Kier alpha value is -3.30. The fourth-order valence-corrected chi connectivity index (χ4v) is 4.17. The van der Waals surface area contributed by atoms with E-state index in [1.54, 1.807) is 23.1 Å². The third-order valence-corrected chi connectivity index (χ3v) is 5.88. The summed E-state index contributed by atoms with van der Waals surface area (Å²) in [7, 11) is 0. The Kier molecular flexibility index (Phi) is 6.42. The number of rotatable bonds is 5. The summed E-state index contributed by atoms with van der Waals surface area (Å²) in [4.78, 5) is 24.8. The summed E-state index contributed by atoms with van der Waals surface area (Å²) in [5.74, 6) is 0.152. The number of ether oxygens (including phenoxy) is 1. The number of halogens is 5. The number of nitrogens with zero attached hydrogens (tertiary/aromatic N) is 2. The predicted molar refractivity (Wildman–Crippen MR) is 120 cm³/mol. The Morgan fingerprint density at radius 3 is 2.26 bits per heavy atom. The number of nitro groups is 1. The van der Waals surface area contributed by atoms with E-state index >= 15 is 0 Å². The van der Waals surface area contributed by atoms with Crippen LogP contribution in [0.15, 0.2) is 54.6 Å². The second-order valence-corrected chi connectivity index (χ2v) is 8.40. The van der Waals surface area contributed by atoms with Crippen LogP contribution in [0, 0.1) is 10.1 Å². The van der Waals surface area contributed by atoms with Gasteiger partial charge in [-0.3, -0.25) is 14.9 Å². The Labute approximate surface area is 201 Å². The third-order valence-electron chi connectivity index (χ3n) is 5.31. The summed E-state index contributed by atoms with van der Waals surface area (Å²) in [5.41, 5.74) is 0.748. The molecule has 0 bridgehead atoms. The smallest absolute Gasteiger partial charge is 0.416 e. The first-order chi connectivity index (χ1) is 16.0. The highest BCUT2D eigenvalue weighted by Crippen LogP contribution is 2.40. The number of carbonyl (C=O) groups is 1. The van der Waals surface area contributed by atoms with Crippen LogP contribution < -0.4 is 4.74 Å². The second-order valence-electron chi connectivity index (χ2n) is 7.59. The van der Waals surface area contributed by atoms with Crippen molar-refractivity contribution in [1.82, 2.24) is 4.90 Å². The lowest BCUT2D eigenvalue weighted by molar-refractivity contribution is -0.384. The molecule has 0 fully saturated rings. The van der Waals surface area contributed by atoms with Gasteiger partial charge in [-0.2, -0.15) is 13.2 Å². The van der Waals surface area contributed by atoms with Gasteiger partial charge in [-0.25, -0.2) is 0 Å². The molecule has 0 aromatic heterocycles. The van der Waals surface area contributed by atoms with Crippen molar-refractivity contribution in [2.75, 3.05) is 6.54 Å². The molecular weight excluding hydrogens is 496 g/mol. The zero-order valence-corrected chi connectivity index (χ0v) is 18.7. The van der Waals surface area contributed by atoms with Crippen molar-refractivity contribution in [2.24, 2.45) is 0 Å². The summed E-state index contributed by atoms with van der Waals surface area (Å²) in [5, 5.41) is 10.9. The molecule has 11 heteroatoms. The Balaban J connectivity index is 1.50. The van der Waals surface area contributed by atoms with Gasteiger partial charge in [-0.1, -0.05) is 35.3 Å². The van der Waals surface area contributed by atoms with Gasteiger partial charge in [0.25, 0.3) is 11.6 Å². The van der Waals surface area contributed by atoms with E-state index in [-0.39, 0.29) is 33.9 Å². The van der Waals surface area contributed by atoms with Gasteiger partial charge in [0.05, 0.1) is 20.5 Å². The third kappa shape index (κ3) is 4.95. The van der Waals surface area contributed by atoms with E-state index in [0.717, 1.165) is 29.8 Å². The summed E-state index contributed by atoms with van der Waals surface area (Å²) in [6.07, 6.45) is -3.91. The fraction of sp³-hybridized carbons (Fsp3) is 0.174. The molecule has 0 saturated carbocycles. The van der Waals surface area contributed by atoms with E-state index in [2.05, 4.69) is 0 Å². The van der Waals surface area contributed by atoms with Crippen molar-refractivity contribution in [3.8, 4) is 11.5 Å². The Bertz CT molecular complexity index is 1260. The van der Waals surface area contributed by atoms with Gasteiger partial charge in [0.15, 0.2) is 5.75 Å². The Morgan fingerprint density at radius 2 is 1.68 bits per heavy atom. The summed E-state index contributed by atoms with van der Waals surface area (Å²) in [6, 6.07) is 11.8. The molecule has 3 aromatic rings. The molecule has 3 aromatic carbocycles. The van der Waals surface area contributed by atoms with Crippen LogP contribution in [-0.4, -0.2) is 22.3 Å². The zero-order valence-electron chi connectivity index (χ0n) is 17.2. The van der Waals surface area contributed by atoms with Crippen molar-refractivity contribution >= 4 is 34.8 Å². The number of amides is 1. The number of non-ortho nitro benzene ring substituents is 1. The zero-order chi connectivity index (χ0) is 24.6. The van der Waals surface area contributed by atoms with Crippen molar-refractivity contribution in [2.45, 2.75) is 19.1 Å². The Morgan fingerprint density at radius 1 is 1.03 bits per heavy atom. The lowest BCUT2D eigenvalue weighted by Crippen LogP contribution is -2.37. The van der Waals surface area contributed by atoms with Gasteiger partial charge in [-0.05, 0) is 47.9 Å². The summed E-state index contributed by atoms with van der Waals surface area (Å²) >= 11 is 12.2. The van der Waals surface area contributed by atoms with E-state index < -0.39 is 16.7 Å². The van der Waals surface area contributed by atoms with Crippen LogP contribution in [0.4, 0.5) is 18.9 Å². The van der Waals surface area contributed by atoms with Crippen LogP contribution in [0.25, 0.3) is 0 Å². The molecule has 1 heterocycles. The quantitative estimate of drug-likeness (QED) is 0.276. The van der Waals surface area contributed by atoms with E-state index in [4.69, 9.17) is 27.9 Å². The first-order valence-corrected chi connectivity index (χ1v) is 10.7. The number of nitro benzene ring substituents is 1. The average Bonchev–Trinajstić information content (AvgIpc) is 2.77. The van der Waals surface area contributed by atoms with Gasteiger partial charge >= 0.3 is 6.18 Å². The maximum Gasteiger partial charge on any atom is 0.416 e. The number of hydrogen-bond acceptors (Lipinski definition) is 4. The molecule has 0 spiro atoms. The maximum absolute atomic E-state index is 12.9. The molecule has 6 nitrogen and oxygen atoms in total. The molecule has 176 valence electrons. The molecule has 0 unspecified atom stereocenters. The molecule has 0 radical (unpaired) electrons. The summed E-state index contributed by atoms with van der Waals surface area (Å²) in [6.45, 7) is 0.554. The number of benzene rings is 3. The van der Waals surface area contributed by atoms with Crippen LogP contribution in [0.2, 0.25) is 10.0 Å². The minimum absolute atomic E-state index is 0.0317. The molecule has 1 amide bonds. The monoisotopic (exact) mass is 510 g/mol. The average molecular weight is 511 g/mol. The van der Waals surface area contributed by atoms with Crippen molar-refractivity contribution in [3.05, 3.63) is 97.0 Å². The standard InChI is InChI=1S/C23H15Cl2F3N2O4/c24-19-10-16(30(32)33)11-20(25)21(19)34-17-5-6-18-14(9-17)7-8-29(22(18)31)12-13-1-3-15(4-2-13)23(26,27)28/h1-6,9-11H,7-8,12H2. The lowest BCUT2D eigenvalue weighted by Gasteiger charge is -2.29. The lowest BCUT2D eigenvalue weighted by atomic mass is 9.98. The largest absolute Gasteiger partial charge is 0.454 e. The van der Waals surface area contributed by atoms with Crippen molar-refractivity contribution < 1.29 is 27.6 Å². The first-order valence-electron chi connectivity index (χ1n) is 9.92. The van der Waals surface area contributed by atoms with Gasteiger partial charge in [-0.15, -0.1) is 0 Å². The van der Waals surface area contributed by atoms with Gasteiger partial charge in [0.2, 0.25) is 0 Å². The SMILES string of the molecule is O=C1c2ccc(Oc3c(Cl)cc([N+](=O)[O-])cc3Cl)cc2CCN1Cc1ccc(C(F)(F)F)cc1. The first kappa shape index (κ1) is 23.8. The molecule has 0 saturated heterocycles. The molecule has 0 atom stereocenters. The van der Waals surface area contributed by atoms with Crippen molar-refractivity contribution in [1.29, 1.82) is 0 Å². The van der Waals surface area contributed by atoms with Gasteiger partial charge in [0.1, 0.15) is 5.75 Å². The number of carbonyl (C=O) groups excluding carboxylic acids is 1. The van der Waals surface area contributed by atoms with Crippen LogP contribution in [0.1, 0.15) is 27.0 Å². The normalized spacial score (nSPS) is 13.6. The number of fused-ring (bicyclic) bond motifs is 1. The highest BCUT2D eigenvalue weighted by molar-refractivity contribution is 6.37. The number of alkyl halides is 3. The second kappa shape index (κ2) is 9.15. The summed E-state index contributed by atoms with van der Waals surface area (Å²) < 4.78 is 44.0. The van der Waals surface area contributed by atoms with Gasteiger partial charge in [0, 0.05) is 30.8 Å². The minimum Gasteiger partial charge on any atom is -0.454 e. The molecule has 0 aliphatic carbocycles. The molecule has 1 aliphatic rings.